The number of sulfone groups is 1. The summed E-state index contributed by atoms with van der Waals surface area (Å²) in [5.41, 5.74) is 0.329. The highest BCUT2D eigenvalue weighted by molar-refractivity contribution is 7.92. The zero-order valence-electron chi connectivity index (χ0n) is 10.2. The van der Waals surface area contributed by atoms with Crippen LogP contribution in [0, 0.1) is 11.6 Å². The fourth-order valence-corrected chi connectivity index (χ4v) is 4.03. The Morgan fingerprint density at radius 3 is 2.50 bits per heavy atom. The SMILES string of the molecule is CCCNC1c2cc(F)c(F)cc2S(=O)(=O)C1C. The first-order valence-electron chi connectivity index (χ1n) is 5.85. The molecule has 1 aliphatic heterocycles. The van der Waals surface area contributed by atoms with Crippen molar-refractivity contribution in [3.8, 4) is 0 Å². The molecular formula is C12H15F2NO2S. The van der Waals surface area contributed by atoms with Gasteiger partial charge in [-0.15, -0.1) is 0 Å². The number of hydrogen-bond donors (Lipinski definition) is 1. The van der Waals surface area contributed by atoms with Crippen LogP contribution in [0.5, 0.6) is 0 Å². The van der Waals surface area contributed by atoms with Gasteiger partial charge in [0.05, 0.1) is 16.2 Å². The minimum absolute atomic E-state index is 0.0949. The highest BCUT2D eigenvalue weighted by Crippen LogP contribution is 2.39. The Labute approximate surface area is 105 Å². The summed E-state index contributed by atoms with van der Waals surface area (Å²) < 4.78 is 50.6. The minimum atomic E-state index is -3.57. The maximum absolute atomic E-state index is 13.3. The monoisotopic (exact) mass is 275 g/mol. The molecule has 1 heterocycles. The zero-order valence-corrected chi connectivity index (χ0v) is 11.0. The minimum Gasteiger partial charge on any atom is -0.309 e. The maximum Gasteiger partial charge on any atom is 0.183 e. The zero-order chi connectivity index (χ0) is 13.5. The number of nitrogens with one attached hydrogen (secondary N) is 1. The Morgan fingerprint density at radius 1 is 1.28 bits per heavy atom. The molecule has 18 heavy (non-hydrogen) atoms. The Bertz CT molecular complexity index is 572. The smallest absolute Gasteiger partial charge is 0.183 e. The van der Waals surface area contributed by atoms with Crippen molar-refractivity contribution in [1.29, 1.82) is 0 Å². The van der Waals surface area contributed by atoms with Gasteiger partial charge in [0.2, 0.25) is 0 Å². The molecule has 2 unspecified atom stereocenters. The van der Waals surface area contributed by atoms with Crippen molar-refractivity contribution in [3.05, 3.63) is 29.3 Å². The van der Waals surface area contributed by atoms with Crippen LogP contribution in [0.25, 0.3) is 0 Å². The van der Waals surface area contributed by atoms with Crippen molar-refractivity contribution in [2.24, 2.45) is 0 Å². The van der Waals surface area contributed by atoms with Crippen LogP contribution in [0.15, 0.2) is 17.0 Å². The fraction of sp³-hybridized carbons (Fsp3) is 0.500. The van der Waals surface area contributed by atoms with E-state index in [-0.39, 0.29) is 4.90 Å². The maximum atomic E-state index is 13.3. The van der Waals surface area contributed by atoms with E-state index in [1.54, 1.807) is 6.92 Å². The lowest BCUT2D eigenvalue weighted by Gasteiger charge is -2.16. The van der Waals surface area contributed by atoms with Crippen LogP contribution in [0.4, 0.5) is 8.78 Å². The number of rotatable bonds is 3. The molecule has 0 fully saturated rings. The van der Waals surface area contributed by atoms with Crippen LogP contribution in [0.2, 0.25) is 0 Å². The van der Waals surface area contributed by atoms with Gasteiger partial charge in [-0.25, -0.2) is 17.2 Å². The van der Waals surface area contributed by atoms with Crippen molar-refractivity contribution in [2.75, 3.05) is 6.54 Å². The standard InChI is InChI=1S/C12H15F2NO2S/c1-3-4-15-12-7(2)18(16,17)11-6-10(14)9(13)5-8(11)12/h5-7,12,15H,3-4H2,1-2H3. The van der Waals surface area contributed by atoms with E-state index in [1.165, 1.54) is 0 Å². The molecule has 100 valence electrons. The second-order valence-corrected chi connectivity index (χ2v) is 6.76. The van der Waals surface area contributed by atoms with Gasteiger partial charge < -0.3 is 5.32 Å². The quantitative estimate of drug-likeness (QED) is 0.860. The lowest BCUT2D eigenvalue weighted by molar-refractivity contribution is 0.490. The Kier molecular flexibility index (Phi) is 3.42. The topological polar surface area (TPSA) is 46.2 Å². The van der Waals surface area contributed by atoms with Gasteiger partial charge in [-0.05, 0) is 37.6 Å². The molecule has 1 aromatic carbocycles. The van der Waals surface area contributed by atoms with Crippen molar-refractivity contribution in [3.63, 3.8) is 0 Å². The average Bonchev–Trinajstić information content (AvgIpc) is 2.48. The molecule has 0 spiro atoms. The van der Waals surface area contributed by atoms with E-state index < -0.39 is 32.8 Å². The molecule has 0 bridgehead atoms. The summed E-state index contributed by atoms with van der Waals surface area (Å²) in [4.78, 5) is -0.0949. The van der Waals surface area contributed by atoms with Crippen molar-refractivity contribution in [1.82, 2.24) is 5.32 Å². The van der Waals surface area contributed by atoms with Gasteiger partial charge in [-0.3, -0.25) is 0 Å². The third-order valence-electron chi connectivity index (χ3n) is 3.27. The first-order chi connectivity index (χ1) is 8.39. The molecule has 3 nitrogen and oxygen atoms in total. The van der Waals surface area contributed by atoms with Crippen LogP contribution in [0.1, 0.15) is 31.9 Å². The lowest BCUT2D eigenvalue weighted by Crippen LogP contribution is -2.30. The molecule has 0 saturated heterocycles. The summed E-state index contributed by atoms with van der Waals surface area (Å²) in [5, 5.41) is 2.36. The summed E-state index contributed by atoms with van der Waals surface area (Å²) in [6.45, 7) is 4.13. The number of benzene rings is 1. The van der Waals surface area contributed by atoms with Crippen LogP contribution in [-0.2, 0) is 9.84 Å². The Hall–Kier alpha value is -1.01. The molecule has 6 heteroatoms. The van der Waals surface area contributed by atoms with Gasteiger partial charge in [0.25, 0.3) is 0 Å². The molecule has 0 aliphatic carbocycles. The highest BCUT2D eigenvalue weighted by Gasteiger charge is 2.42. The summed E-state index contributed by atoms with van der Waals surface area (Å²) in [6.07, 6.45) is 0.836. The van der Waals surface area contributed by atoms with Gasteiger partial charge >= 0.3 is 0 Å². The van der Waals surface area contributed by atoms with Crippen LogP contribution < -0.4 is 5.32 Å². The lowest BCUT2D eigenvalue weighted by atomic mass is 10.0. The number of halogens is 2. The second kappa shape index (κ2) is 4.59. The van der Waals surface area contributed by atoms with Crippen molar-refractivity contribution in [2.45, 2.75) is 36.5 Å². The number of hydrogen-bond acceptors (Lipinski definition) is 3. The second-order valence-electron chi connectivity index (χ2n) is 4.49. The summed E-state index contributed by atoms with van der Waals surface area (Å²) in [6, 6.07) is 1.29. The molecule has 1 N–H and O–H groups in total. The number of fused-ring (bicyclic) bond motifs is 1. The van der Waals surface area contributed by atoms with E-state index in [0.717, 1.165) is 18.6 Å². The van der Waals surface area contributed by atoms with Gasteiger partial charge in [0.15, 0.2) is 21.5 Å². The van der Waals surface area contributed by atoms with E-state index >= 15 is 0 Å². The normalized spacial score (nSPS) is 25.1. The van der Waals surface area contributed by atoms with Crippen LogP contribution >= 0.6 is 0 Å². The molecule has 0 amide bonds. The van der Waals surface area contributed by atoms with E-state index in [0.29, 0.717) is 12.1 Å². The van der Waals surface area contributed by atoms with Crippen LogP contribution in [0.3, 0.4) is 0 Å². The van der Waals surface area contributed by atoms with E-state index in [4.69, 9.17) is 0 Å². The molecule has 0 aromatic heterocycles. The summed E-state index contributed by atoms with van der Waals surface area (Å²) in [7, 11) is -3.57. The molecular weight excluding hydrogens is 260 g/mol. The third kappa shape index (κ3) is 1.93. The molecule has 2 rings (SSSR count). The van der Waals surface area contributed by atoms with Gasteiger partial charge in [0.1, 0.15) is 0 Å². The van der Waals surface area contributed by atoms with Crippen LogP contribution in [-0.4, -0.2) is 20.2 Å². The van der Waals surface area contributed by atoms with E-state index in [9.17, 15) is 17.2 Å². The fourth-order valence-electron chi connectivity index (χ4n) is 2.24. The Balaban J connectivity index is 2.54. The first-order valence-corrected chi connectivity index (χ1v) is 7.40. The van der Waals surface area contributed by atoms with E-state index in [1.807, 2.05) is 6.92 Å². The molecule has 0 radical (unpaired) electrons. The largest absolute Gasteiger partial charge is 0.309 e. The van der Waals surface area contributed by atoms with Crippen molar-refractivity contribution < 1.29 is 17.2 Å². The molecule has 2 atom stereocenters. The van der Waals surface area contributed by atoms with Gasteiger partial charge in [0, 0.05) is 0 Å². The summed E-state index contributed by atoms with van der Waals surface area (Å²) in [5.74, 6) is -2.14. The Morgan fingerprint density at radius 2 is 1.89 bits per heavy atom. The van der Waals surface area contributed by atoms with Crippen molar-refractivity contribution >= 4 is 9.84 Å². The van der Waals surface area contributed by atoms with Gasteiger partial charge in [-0.2, -0.15) is 0 Å². The third-order valence-corrected chi connectivity index (χ3v) is 5.49. The predicted octanol–water partition coefficient (Wildman–Crippen LogP) is 2.18. The predicted molar refractivity (Wildman–Crippen MR) is 64.0 cm³/mol. The highest BCUT2D eigenvalue weighted by atomic mass is 32.2. The molecule has 0 saturated carbocycles. The molecule has 1 aliphatic rings. The average molecular weight is 275 g/mol. The molecule has 1 aromatic rings. The first kappa shape index (κ1) is 13.4. The van der Waals surface area contributed by atoms with E-state index in [2.05, 4.69) is 5.32 Å². The summed E-state index contributed by atoms with van der Waals surface area (Å²) >= 11 is 0. The van der Waals surface area contributed by atoms with Gasteiger partial charge in [-0.1, -0.05) is 6.92 Å².